The van der Waals surface area contributed by atoms with Crippen molar-refractivity contribution in [2.45, 2.75) is 145 Å². The van der Waals surface area contributed by atoms with Crippen LogP contribution in [0.25, 0.3) is 0 Å². The summed E-state index contributed by atoms with van der Waals surface area (Å²) >= 11 is 0. The van der Waals surface area contributed by atoms with Crippen LogP contribution >= 0.6 is 0 Å². The molecule has 6 rings (SSSR count). The summed E-state index contributed by atoms with van der Waals surface area (Å²) in [5.41, 5.74) is -2.94. The van der Waals surface area contributed by atoms with Crippen LogP contribution in [0.2, 0.25) is 0 Å². The average Bonchev–Trinajstić information content (AvgIpc) is 3.50. The van der Waals surface area contributed by atoms with Gasteiger partial charge in [0, 0.05) is 31.5 Å². The minimum Gasteiger partial charge on any atom is -0.394 e. The molecule has 14 unspecified atom stereocenters. The Kier molecular flexibility index (Phi) is 9.49. The molecule has 9 N–H and O–H groups in total. The Morgan fingerprint density at radius 1 is 0.826 bits per heavy atom. The third-order valence-corrected chi connectivity index (χ3v) is 14.2. The molecule has 13 heteroatoms. The Bertz CT molecular complexity index is 1100. The number of hydrogen-bond acceptors (Lipinski definition) is 13. The summed E-state index contributed by atoms with van der Waals surface area (Å²) in [6.07, 6.45) is -7.44. The zero-order valence-electron chi connectivity index (χ0n) is 27.4. The van der Waals surface area contributed by atoms with Gasteiger partial charge in [0.05, 0.1) is 18.8 Å². The van der Waals surface area contributed by atoms with Gasteiger partial charge in [-0.1, -0.05) is 20.8 Å². The van der Waals surface area contributed by atoms with E-state index in [1.165, 1.54) is 0 Å². The second kappa shape index (κ2) is 12.4. The molecule has 13 nitrogen and oxygen atoms in total. The third kappa shape index (κ3) is 4.83. The van der Waals surface area contributed by atoms with Crippen LogP contribution in [0.5, 0.6) is 0 Å². The first-order valence-electron chi connectivity index (χ1n) is 17.2. The fraction of sp³-hybridized carbons (Fsp3) is 1.00. The van der Waals surface area contributed by atoms with Crippen molar-refractivity contribution < 1.29 is 64.9 Å². The highest BCUT2D eigenvalue weighted by Crippen LogP contribution is 2.71. The molecule has 0 aromatic heterocycles. The van der Waals surface area contributed by atoms with Crippen molar-refractivity contribution in [1.29, 1.82) is 0 Å². The number of methoxy groups -OCH3 is 1. The van der Waals surface area contributed by atoms with Gasteiger partial charge in [-0.2, -0.15) is 0 Å². The third-order valence-electron chi connectivity index (χ3n) is 14.2. The fourth-order valence-electron chi connectivity index (χ4n) is 11.5. The molecule has 0 radical (unpaired) electrons. The summed E-state index contributed by atoms with van der Waals surface area (Å²) in [5.74, 6) is -0.193. The van der Waals surface area contributed by atoms with Crippen LogP contribution in [0.4, 0.5) is 0 Å². The van der Waals surface area contributed by atoms with E-state index in [-0.39, 0.29) is 54.1 Å². The topological polar surface area (TPSA) is 219 Å². The Hall–Kier alpha value is -0.520. The van der Waals surface area contributed by atoms with Crippen molar-refractivity contribution >= 4 is 0 Å². The maximum absolute atomic E-state index is 11.8. The van der Waals surface area contributed by atoms with Crippen LogP contribution < -0.4 is 0 Å². The predicted octanol–water partition coefficient (Wildman–Crippen LogP) is -0.992. The number of aliphatic hydroxyl groups excluding tert-OH is 8. The standard InChI is InChI=1S/C33H56O13/c1-15-21-19(46-33(15,43-4)9-5-6-12-44-29-26(39)23(36)22(35)20(14-34)45-29)13-18-16-7-11-32(42)28(41)25(38)24(37)27(40)31(32,3)17(16)8-10-30(18,21)2/h15-29,34-42H,5-14H2,1-4H3/t15?,16?,17?,18?,19?,20-,21?,22-,23+,24?,25?,26-,27?,28?,29-,30?,31?,32?,33?/m1/s1. The van der Waals surface area contributed by atoms with E-state index < -0.39 is 78.5 Å². The van der Waals surface area contributed by atoms with Crippen molar-refractivity contribution in [3.8, 4) is 0 Å². The van der Waals surface area contributed by atoms with Crippen LogP contribution in [0, 0.1) is 40.4 Å². The molecule has 4 aliphatic carbocycles. The first-order valence-corrected chi connectivity index (χ1v) is 17.2. The van der Waals surface area contributed by atoms with E-state index in [4.69, 9.17) is 18.9 Å². The number of unbranched alkanes of at least 4 members (excludes halogenated alkanes) is 1. The van der Waals surface area contributed by atoms with Crippen LogP contribution in [0.3, 0.4) is 0 Å². The van der Waals surface area contributed by atoms with E-state index in [9.17, 15) is 46.0 Å². The monoisotopic (exact) mass is 660 g/mol. The second-order valence-electron chi connectivity index (χ2n) is 15.8. The molecule has 2 heterocycles. The van der Waals surface area contributed by atoms with Gasteiger partial charge in [0.1, 0.15) is 48.3 Å². The van der Waals surface area contributed by atoms with Crippen LogP contribution in [-0.4, -0.2) is 139 Å². The average molecular weight is 661 g/mol. The van der Waals surface area contributed by atoms with Gasteiger partial charge in [-0.25, -0.2) is 0 Å². The van der Waals surface area contributed by atoms with Crippen molar-refractivity contribution in [3.63, 3.8) is 0 Å². The Balaban J connectivity index is 1.10. The zero-order chi connectivity index (χ0) is 33.6. The summed E-state index contributed by atoms with van der Waals surface area (Å²) in [7, 11) is 1.68. The van der Waals surface area contributed by atoms with Crippen molar-refractivity contribution in [2.24, 2.45) is 40.4 Å². The van der Waals surface area contributed by atoms with E-state index in [2.05, 4.69) is 13.8 Å². The molecule has 46 heavy (non-hydrogen) atoms. The molecule has 266 valence electrons. The zero-order valence-corrected chi connectivity index (χ0v) is 27.4. The molecule has 0 aromatic rings. The van der Waals surface area contributed by atoms with Gasteiger partial charge in [0.2, 0.25) is 0 Å². The van der Waals surface area contributed by atoms with Gasteiger partial charge in [-0.15, -0.1) is 0 Å². The highest BCUT2D eigenvalue weighted by Gasteiger charge is 2.74. The number of aliphatic hydroxyl groups is 9. The fourth-order valence-corrected chi connectivity index (χ4v) is 11.5. The second-order valence-corrected chi connectivity index (χ2v) is 15.8. The van der Waals surface area contributed by atoms with E-state index in [1.54, 1.807) is 14.0 Å². The molecular weight excluding hydrogens is 604 g/mol. The lowest BCUT2D eigenvalue weighted by atomic mass is 9.41. The molecule has 0 bridgehead atoms. The highest BCUT2D eigenvalue weighted by molar-refractivity contribution is 5.22. The molecule has 0 aromatic carbocycles. The van der Waals surface area contributed by atoms with Gasteiger partial charge in [0.15, 0.2) is 12.1 Å². The summed E-state index contributed by atoms with van der Waals surface area (Å²) < 4.78 is 24.1. The lowest BCUT2D eigenvalue weighted by Gasteiger charge is -2.67. The van der Waals surface area contributed by atoms with Crippen molar-refractivity contribution in [2.75, 3.05) is 20.3 Å². The van der Waals surface area contributed by atoms with Crippen LogP contribution in [-0.2, 0) is 18.9 Å². The number of hydrogen-bond donors (Lipinski definition) is 9. The Morgan fingerprint density at radius 2 is 1.52 bits per heavy atom. The van der Waals surface area contributed by atoms with E-state index >= 15 is 0 Å². The smallest absolute Gasteiger partial charge is 0.186 e. The number of fused-ring (bicyclic) bond motifs is 7. The Labute approximate surface area is 270 Å². The first-order chi connectivity index (χ1) is 21.6. The molecule has 4 saturated carbocycles. The van der Waals surface area contributed by atoms with Gasteiger partial charge in [0.25, 0.3) is 0 Å². The van der Waals surface area contributed by atoms with Crippen LogP contribution in [0.15, 0.2) is 0 Å². The lowest BCUT2D eigenvalue weighted by Crippen LogP contribution is -2.77. The first kappa shape index (κ1) is 35.3. The van der Waals surface area contributed by atoms with Gasteiger partial charge >= 0.3 is 0 Å². The molecule has 19 atom stereocenters. The molecule has 6 fully saturated rings. The molecule has 0 spiro atoms. The number of rotatable bonds is 8. The molecular formula is C33H56O13. The van der Waals surface area contributed by atoms with Crippen molar-refractivity contribution in [1.82, 2.24) is 0 Å². The lowest BCUT2D eigenvalue weighted by molar-refractivity contribution is -0.324. The maximum atomic E-state index is 11.8. The minimum atomic E-state index is -1.70. The maximum Gasteiger partial charge on any atom is 0.186 e. The normalized spacial score (nSPS) is 58.2. The van der Waals surface area contributed by atoms with Gasteiger partial charge < -0.3 is 64.9 Å². The van der Waals surface area contributed by atoms with Crippen LogP contribution in [0.1, 0.15) is 72.1 Å². The molecule has 0 amide bonds. The summed E-state index contributed by atoms with van der Waals surface area (Å²) in [6.45, 7) is 6.02. The SMILES string of the molecule is COC1(CCCCO[C@@H]2O[C@H](CO)[C@@H](O)[C@H](O)[C@H]2O)OC2CC3C4CCC5(O)C(O)C(O)C(O)C(O)C5(C)C4CCC3(C)C2C1C. The van der Waals surface area contributed by atoms with E-state index in [0.29, 0.717) is 32.1 Å². The Morgan fingerprint density at radius 3 is 2.20 bits per heavy atom. The quantitative estimate of drug-likeness (QED) is 0.143. The molecule has 2 saturated heterocycles. The largest absolute Gasteiger partial charge is 0.394 e. The summed E-state index contributed by atoms with van der Waals surface area (Å²) in [4.78, 5) is 0. The highest BCUT2D eigenvalue weighted by atomic mass is 16.7. The predicted molar refractivity (Wildman–Crippen MR) is 160 cm³/mol. The van der Waals surface area contributed by atoms with E-state index in [1.807, 2.05) is 0 Å². The number of ether oxygens (including phenoxy) is 4. The van der Waals surface area contributed by atoms with E-state index in [0.717, 1.165) is 12.8 Å². The van der Waals surface area contributed by atoms with Crippen molar-refractivity contribution in [3.05, 3.63) is 0 Å². The van der Waals surface area contributed by atoms with Gasteiger partial charge in [-0.3, -0.25) is 0 Å². The molecule has 2 aliphatic heterocycles. The summed E-state index contributed by atoms with van der Waals surface area (Å²) in [5, 5.41) is 94.8. The minimum absolute atomic E-state index is 0.0306. The van der Waals surface area contributed by atoms with Gasteiger partial charge in [-0.05, 0) is 74.0 Å². The summed E-state index contributed by atoms with van der Waals surface area (Å²) in [6, 6.07) is 0. The molecule has 6 aliphatic rings.